The van der Waals surface area contributed by atoms with Crippen LogP contribution in [0.2, 0.25) is 10.0 Å². The maximum absolute atomic E-state index is 11.2. The summed E-state index contributed by atoms with van der Waals surface area (Å²) in [5, 5.41) is 1.08. The van der Waals surface area contributed by atoms with E-state index in [9.17, 15) is 4.79 Å². The third-order valence-electron chi connectivity index (χ3n) is 2.64. The van der Waals surface area contributed by atoms with Crippen LogP contribution in [0.3, 0.4) is 0 Å². The van der Waals surface area contributed by atoms with Crippen molar-refractivity contribution in [2.24, 2.45) is 5.73 Å². The lowest BCUT2D eigenvalue weighted by molar-refractivity contribution is -0.120. The molecule has 1 aromatic carbocycles. The summed E-state index contributed by atoms with van der Waals surface area (Å²) in [6.45, 7) is 0. The van der Waals surface area contributed by atoms with Crippen LogP contribution in [-0.2, 0) is 10.2 Å². The van der Waals surface area contributed by atoms with Crippen LogP contribution in [0.4, 0.5) is 0 Å². The van der Waals surface area contributed by atoms with Gasteiger partial charge in [0.2, 0.25) is 5.91 Å². The highest BCUT2D eigenvalue weighted by Gasteiger charge is 2.50. The van der Waals surface area contributed by atoms with E-state index in [2.05, 4.69) is 0 Å². The van der Waals surface area contributed by atoms with Gasteiger partial charge in [0, 0.05) is 10.0 Å². The number of hydrogen-bond donors (Lipinski definition) is 1. The Morgan fingerprint density at radius 1 is 1.21 bits per heavy atom. The normalized spacial score (nSPS) is 17.9. The van der Waals surface area contributed by atoms with Gasteiger partial charge in [0.05, 0.1) is 5.41 Å². The van der Waals surface area contributed by atoms with Crippen LogP contribution >= 0.6 is 23.2 Å². The summed E-state index contributed by atoms with van der Waals surface area (Å²) in [5.41, 5.74) is 5.67. The van der Waals surface area contributed by atoms with Crippen molar-refractivity contribution >= 4 is 29.1 Å². The lowest BCUT2D eigenvalue weighted by Gasteiger charge is -2.11. The molecule has 74 valence electrons. The molecule has 0 saturated heterocycles. The molecule has 1 fully saturated rings. The van der Waals surface area contributed by atoms with Crippen molar-refractivity contribution in [3.8, 4) is 0 Å². The molecule has 0 atom stereocenters. The smallest absolute Gasteiger partial charge is 0.228 e. The number of halogens is 2. The molecule has 2 rings (SSSR count). The summed E-state index contributed by atoms with van der Waals surface area (Å²) < 4.78 is 0. The number of hydrogen-bond acceptors (Lipinski definition) is 1. The molecule has 0 bridgehead atoms. The van der Waals surface area contributed by atoms with E-state index in [1.54, 1.807) is 18.2 Å². The third-order valence-corrected chi connectivity index (χ3v) is 3.07. The molecule has 1 aliphatic carbocycles. The van der Waals surface area contributed by atoms with Crippen LogP contribution in [0.25, 0.3) is 0 Å². The number of benzene rings is 1. The van der Waals surface area contributed by atoms with E-state index in [0.29, 0.717) is 10.0 Å². The molecule has 1 amide bonds. The summed E-state index contributed by atoms with van der Waals surface area (Å²) in [7, 11) is 0. The van der Waals surface area contributed by atoms with Gasteiger partial charge >= 0.3 is 0 Å². The van der Waals surface area contributed by atoms with Crippen molar-refractivity contribution < 1.29 is 4.79 Å². The third kappa shape index (κ3) is 1.49. The molecular weight excluding hydrogens is 221 g/mol. The van der Waals surface area contributed by atoms with Gasteiger partial charge in [-0.2, -0.15) is 0 Å². The predicted octanol–water partition coefficient (Wildman–Crippen LogP) is 2.51. The first-order valence-electron chi connectivity index (χ1n) is 4.31. The Morgan fingerprint density at radius 2 is 1.71 bits per heavy atom. The zero-order chi connectivity index (χ0) is 10.3. The molecule has 1 aliphatic rings. The summed E-state index contributed by atoms with van der Waals surface area (Å²) >= 11 is 11.7. The summed E-state index contributed by atoms with van der Waals surface area (Å²) in [4.78, 5) is 11.2. The van der Waals surface area contributed by atoms with Gasteiger partial charge in [0.25, 0.3) is 0 Å². The second-order valence-corrected chi connectivity index (χ2v) is 4.48. The van der Waals surface area contributed by atoms with E-state index in [-0.39, 0.29) is 5.91 Å². The number of rotatable bonds is 2. The number of nitrogens with two attached hydrogens (primary N) is 1. The molecule has 0 heterocycles. The monoisotopic (exact) mass is 229 g/mol. The van der Waals surface area contributed by atoms with Crippen molar-refractivity contribution in [1.29, 1.82) is 0 Å². The van der Waals surface area contributed by atoms with E-state index >= 15 is 0 Å². The quantitative estimate of drug-likeness (QED) is 0.833. The Kier molecular flexibility index (Phi) is 2.20. The zero-order valence-corrected chi connectivity index (χ0v) is 8.90. The van der Waals surface area contributed by atoms with Gasteiger partial charge < -0.3 is 5.73 Å². The minimum Gasteiger partial charge on any atom is -0.369 e. The highest BCUT2D eigenvalue weighted by atomic mass is 35.5. The van der Waals surface area contributed by atoms with Crippen molar-refractivity contribution in [3.05, 3.63) is 33.8 Å². The van der Waals surface area contributed by atoms with Crippen molar-refractivity contribution in [3.63, 3.8) is 0 Å². The molecule has 0 aromatic heterocycles. The van der Waals surface area contributed by atoms with Crippen LogP contribution in [-0.4, -0.2) is 5.91 Å². The average molecular weight is 230 g/mol. The Labute approximate surface area is 92.0 Å². The second-order valence-electron chi connectivity index (χ2n) is 3.60. The maximum Gasteiger partial charge on any atom is 0.228 e. The van der Waals surface area contributed by atoms with Gasteiger partial charge in [-0.1, -0.05) is 23.2 Å². The molecule has 4 heteroatoms. The largest absolute Gasteiger partial charge is 0.369 e. The minimum absolute atomic E-state index is 0.296. The number of amides is 1. The Morgan fingerprint density at radius 3 is 2.07 bits per heavy atom. The van der Waals surface area contributed by atoms with Crippen LogP contribution in [0.15, 0.2) is 18.2 Å². The van der Waals surface area contributed by atoms with Crippen LogP contribution in [0.1, 0.15) is 18.4 Å². The van der Waals surface area contributed by atoms with E-state index in [4.69, 9.17) is 28.9 Å². The summed E-state index contributed by atoms with van der Waals surface area (Å²) in [6, 6.07) is 5.15. The van der Waals surface area contributed by atoms with E-state index in [1.807, 2.05) is 0 Å². The van der Waals surface area contributed by atoms with Crippen LogP contribution in [0, 0.1) is 0 Å². The molecule has 0 aliphatic heterocycles. The van der Waals surface area contributed by atoms with E-state index in [1.165, 1.54) is 0 Å². The fourth-order valence-electron chi connectivity index (χ4n) is 1.63. The van der Waals surface area contributed by atoms with Crippen molar-refractivity contribution in [1.82, 2.24) is 0 Å². The lowest BCUT2D eigenvalue weighted by atomic mass is 9.95. The first-order valence-corrected chi connectivity index (χ1v) is 5.07. The lowest BCUT2D eigenvalue weighted by Crippen LogP contribution is -2.28. The second kappa shape index (κ2) is 3.14. The topological polar surface area (TPSA) is 43.1 Å². The number of carbonyl (C=O) groups is 1. The Bertz CT molecular complexity index is 379. The molecule has 0 unspecified atom stereocenters. The highest BCUT2D eigenvalue weighted by molar-refractivity contribution is 6.34. The molecular formula is C10H9Cl2NO. The van der Waals surface area contributed by atoms with Crippen molar-refractivity contribution in [2.45, 2.75) is 18.3 Å². The number of carbonyl (C=O) groups excluding carboxylic acids is 1. The molecule has 2 N–H and O–H groups in total. The molecule has 0 spiro atoms. The molecule has 0 radical (unpaired) electrons. The first-order chi connectivity index (χ1) is 6.54. The van der Waals surface area contributed by atoms with Gasteiger partial charge in [0.15, 0.2) is 0 Å². The summed E-state index contributed by atoms with van der Waals surface area (Å²) in [5.74, 6) is -0.296. The molecule has 1 aromatic rings. The highest BCUT2D eigenvalue weighted by Crippen LogP contribution is 2.48. The fourth-order valence-corrected chi connectivity index (χ4v) is 2.16. The van der Waals surface area contributed by atoms with Crippen LogP contribution in [0.5, 0.6) is 0 Å². The average Bonchev–Trinajstić information content (AvgIpc) is 2.81. The zero-order valence-electron chi connectivity index (χ0n) is 7.39. The van der Waals surface area contributed by atoms with Gasteiger partial charge in [-0.15, -0.1) is 0 Å². The predicted molar refractivity (Wildman–Crippen MR) is 56.6 cm³/mol. The van der Waals surface area contributed by atoms with E-state index < -0.39 is 5.41 Å². The van der Waals surface area contributed by atoms with Crippen molar-refractivity contribution in [2.75, 3.05) is 0 Å². The standard InChI is InChI=1S/C10H9Cl2NO/c11-7-3-6(4-8(12)5-7)10(1-2-10)9(13)14/h3-5H,1-2H2,(H2,13,14). The van der Waals surface area contributed by atoms with Crippen LogP contribution < -0.4 is 5.73 Å². The molecule has 1 saturated carbocycles. The molecule has 14 heavy (non-hydrogen) atoms. The maximum atomic E-state index is 11.2. The first kappa shape index (κ1) is 9.81. The fraction of sp³-hybridized carbons (Fsp3) is 0.300. The number of primary amides is 1. The van der Waals surface area contributed by atoms with Gasteiger partial charge in [-0.05, 0) is 36.6 Å². The van der Waals surface area contributed by atoms with Gasteiger partial charge in [0.1, 0.15) is 0 Å². The SMILES string of the molecule is NC(=O)C1(c2cc(Cl)cc(Cl)c2)CC1. The summed E-state index contributed by atoms with van der Waals surface area (Å²) in [6.07, 6.45) is 1.58. The molecule has 2 nitrogen and oxygen atoms in total. The van der Waals surface area contributed by atoms with E-state index in [0.717, 1.165) is 18.4 Å². The van der Waals surface area contributed by atoms with Gasteiger partial charge in [-0.25, -0.2) is 0 Å². The Hall–Kier alpha value is -0.730. The Balaban J connectivity index is 2.47. The van der Waals surface area contributed by atoms with Gasteiger partial charge in [-0.3, -0.25) is 4.79 Å². The minimum atomic E-state index is -0.505.